The number of H-pyrrole nitrogens is 1. The van der Waals surface area contributed by atoms with Crippen molar-refractivity contribution in [2.24, 2.45) is 0 Å². The molecule has 2 aliphatic heterocycles. The van der Waals surface area contributed by atoms with Crippen molar-refractivity contribution in [1.82, 2.24) is 19.5 Å². The smallest absolute Gasteiger partial charge is 0.349 e. The van der Waals surface area contributed by atoms with Crippen LogP contribution in [0.4, 0.5) is 0 Å². The Labute approximate surface area is 155 Å². The number of aromatic nitrogens is 4. The fourth-order valence-electron chi connectivity index (χ4n) is 3.18. The summed E-state index contributed by atoms with van der Waals surface area (Å²) >= 11 is 0. The molecule has 0 fully saturated rings. The van der Waals surface area contributed by atoms with E-state index in [-0.39, 0.29) is 17.9 Å². The molecular weight excluding hydrogens is 348 g/mol. The molecule has 8 nitrogen and oxygen atoms in total. The van der Waals surface area contributed by atoms with Crippen LogP contribution in [0, 0.1) is 13.8 Å². The summed E-state index contributed by atoms with van der Waals surface area (Å²) in [5.41, 5.74) is 2.59. The van der Waals surface area contributed by atoms with Gasteiger partial charge in [-0.15, -0.1) is 0 Å². The molecule has 2 aliphatic rings. The van der Waals surface area contributed by atoms with Gasteiger partial charge >= 0.3 is 11.7 Å². The van der Waals surface area contributed by atoms with E-state index in [9.17, 15) is 14.4 Å². The van der Waals surface area contributed by atoms with Gasteiger partial charge in [-0.2, -0.15) is 4.98 Å². The Kier molecular flexibility index (Phi) is 5.34. The third-order valence-corrected chi connectivity index (χ3v) is 4.75. The molecule has 0 unspecified atom stereocenters. The van der Waals surface area contributed by atoms with Crippen LogP contribution in [0.3, 0.4) is 0 Å². The zero-order valence-electron chi connectivity index (χ0n) is 15.4. The van der Waals surface area contributed by atoms with Crippen LogP contribution in [0.1, 0.15) is 43.2 Å². The summed E-state index contributed by atoms with van der Waals surface area (Å²) in [6.45, 7) is 4.55. The average Bonchev–Trinajstić information content (AvgIpc) is 2.59. The highest BCUT2D eigenvalue weighted by Crippen LogP contribution is 2.24. The first-order chi connectivity index (χ1) is 12.9. The van der Waals surface area contributed by atoms with E-state index in [1.807, 2.05) is 30.5 Å². The zero-order chi connectivity index (χ0) is 19.6. The number of carboxylic acid groups (broad SMARTS) is 1. The first-order valence-electron chi connectivity index (χ1n) is 9.00. The second-order valence-corrected chi connectivity index (χ2v) is 6.79. The van der Waals surface area contributed by atoms with Crippen molar-refractivity contribution in [3.8, 4) is 11.5 Å². The minimum absolute atomic E-state index is 0.149. The van der Waals surface area contributed by atoms with Gasteiger partial charge in [0.2, 0.25) is 0 Å². The zero-order valence-corrected chi connectivity index (χ0v) is 15.4. The van der Waals surface area contributed by atoms with E-state index >= 15 is 0 Å². The molecule has 0 aliphatic carbocycles. The van der Waals surface area contributed by atoms with Gasteiger partial charge in [-0.05, 0) is 49.9 Å². The third kappa shape index (κ3) is 4.05. The number of carbonyl (C=O) groups is 1. The van der Waals surface area contributed by atoms with Gasteiger partial charge in [-0.3, -0.25) is 14.6 Å². The number of rotatable bonds is 7. The molecule has 2 N–H and O–H groups in total. The average molecular weight is 370 g/mol. The number of benzene rings is 1. The van der Waals surface area contributed by atoms with Gasteiger partial charge in [0.1, 0.15) is 0 Å². The molecule has 3 rings (SSSR count). The normalized spacial score (nSPS) is 11.3. The van der Waals surface area contributed by atoms with E-state index in [1.165, 1.54) is 0 Å². The van der Waals surface area contributed by atoms with Crippen LogP contribution in [-0.4, -0.2) is 30.6 Å². The molecule has 0 saturated heterocycles. The van der Waals surface area contributed by atoms with Gasteiger partial charge < -0.3 is 9.67 Å². The van der Waals surface area contributed by atoms with Crippen LogP contribution in [0.15, 0.2) is 21.7 Å². The second kappa shape index (κ2) is 7.69. The first-order valence-corrected chi connectivity index (χ1v) is 9.00. The summed E-state index contributed by atoms with van der Waals surface area (Å²) in [4.78, 5) is 45.1. The molecule has 0 atom stereocenters. The number of fused-ring (bicyclic) bond motifs is 2. The van der Waals surface area contributed by atoms with Gasteiger partial charge in [0, 0.05) is 13.0 Å². The van der Waals surface area contributed by atoms with Gasteiger partial charge in [0.15, 0.2) is 11.5 Å². The minimum Gasteiger partial charge on any atom is -0.481 e. The van der Waals surface area contributed by atoms with Crippen molar-refractivity contribution < 1.29 is 9.90 Å². The van der Waals surface area contributed by atoms with Crippen LogP contribution in [-0.2, 0) is 11.3 Å². The van der Waals surface area contributed by atoms with Gasteiger partial charge in [0.05, 0.1) is 11.0 Å². The SMILES string of the molecule is Cc1cc2nc3c(=O)[nH]c(=O)nc-3n(CCCCCCC(=O)O)c2cc1C. The molecule has 142 valence electrons. The minimum atomic E-state index is -0.784. The number of nitrogens with zero attached hydrogens (tertiary/aromatic N) is 3. The number of aryl methyl sites for hydroxylation is 3. The Morgan fingerprint density at radius 1 is 1.07 bits per heavy atom. The molecule has 0 spiro atoms. The maximum atomic E-state index is 12.2. The summed E-state index contributed by atoms with van der Waals surface area (Å²) in [6, 6.07) is 3.92. The lowest BCUT2D eigenvalue weighted by Gasteiger charge is -2.17. The summed E-state index contributed by atoms with van der Waals surface area (Å²) in [5.74, 6) is -0.502. The van der Waals surface area contributed by atoms with Crippen molar-refractivity contribution in [2.75, 3.05) is 0 Å². The number of nitrogens with one attached hydrogen (secondary N) is 1. The van der Waals surface area contributed by atoms with Crippen LogP contribution in [0.5, 0.6) is 0 Å². The van der Waals surface area contributed by atoms with Crippen molar-refractivity contribution in [3.05, 3.63) is 44.1 Å². The maximum Gasteiger partial charge on any atom is 0.349 e. The van der Waals surface area contributed by atoms with Gasteiger partial charge in [0.25, 0.3) is 5.56 Å². The van der Waals surface area contributed by atoms with E-state index in [1.54, 1.807) is 0 Å². The Balaban J connectivity index is 1.99. The Hall–Kier alpha value is -3.03. The van der Waals surface area contributed by atoms with Crippen LogP contribution >= 0.6 is 0 Å². The van der Waals surface area contributed by atoms with Crippen LogP contribution in [0.2, 0.25) is 0 Å². The number of hydrogen-bond donors (Lipinski definition) is 2. The summed E-state index contributed by atoms with van der Waals surface area (Å²) in [7, 11) is 0. The predicted molar refractivity (Wildman–Crippen MR) is 101 cm³/mol. The monoisotopic (exact) mass is 370 g/mol. The molecular formula is C19H22N4O4. The molecule has 8 heteroatoms. The van der Waals surface area contributed by atoms with Crippen molar-refractivity contribution in [2.45, 2.75) is 52.5 Å². The molecule has 0 amide bonds. The van der Waals surface area contributed by atoms with Crippen molar-refractivity contribution in [3.63, 3.8) is 0 Å². The lowest BCUT2D eigenvalue weighted by atomic mass is 10.1. The Bertz CT molecular complexity index is 1080. The third-order valence-electron chi connectivity index (χ3n) is 4.75. The summed E-state index contributed by atoms with van der Waals surface area (Å²) < 4.78 is 1.87. The van der Waals surface area contributed by atoms with E-state index < -0.39 is 17.2 Å². The van der Waals surface area contributed by atoms with Gasteiger partial charge in [-0.25, -0.2) is 9.78 Å². The predicted octanol–water partition coefficient (Wildman–Crippen LogP) is 2.24. The number of aromatic amines is 1. The molecule has 2 heterocycles. The van der Waals surface area contributed by atoms with Gasteiger partial charge in [-0.1, -0.05) is 12.8 Å². The highest BCUT2D eigenvalue weighted by molar-refractivity contribution is 5.81. The van der Waals surface area contributed by atoms with E-state index in [0.717, 1.165) is 35.9 Å². The first kappa shape index (κ1) is 18.8. The molecule has 0 saturated carbocycles. The lowest BCUT2D eigenvalue weighted by molar-refractivity contribution is -0.137. The van der Waals surface area contributed by atoms with E-state index in [4.69, 9.17) is 5.11 Å². The standard InChI is InChI=1S/C19H22N4O4/c1-11-9-13-14(10-12(11)2)23(8-6-4-3-5-7-15(24)25)17-16(20-13)18(26)22-19(27)21-17/h9-10H,3-8H2,1-2H3,(H,24,25)(H,22,26,27). The second-order valence-electron chi connectivity index (χ2n) is 6.79. The molecule has 0 radical (unpaired) electrons. The Morgan fingerprint density at radius 2 is 1.78 bits per heavy atom. The number of hydrogen-bond acceptors (Lipinski definition) is 5. The fourth-order valence-corrected chi connectivity index (χ4v) is 3.18. The lowest BCUT2D eigenvalue weighted by Crippen LogP contribution is -2.29. The topological polar surface area (TPSA) is 118 Å². The largest absolute Gasteiger partial charge is 0.481 e. The summed E-state index contributed by atoms with van der Waals surface area (Å²) in [5, 5.41) is 8.70. The van der Waals surface area contributed by atoms with Crippen molar-refractivity contribution in [1.29, 1.82) is 0 Å². The molecule has 1 aromatic rings. The van der Waals surface area contributed by atoms with Crippen LogP contribution < -0.4 is 11.2 Å². The van der Waals surface area contributed by atoms with Crippen molar-refractivity contribution >= 4 is 17.0 Å². The molecule has 0 bridgehead atoms. The Morgan fingerprint density at radius 3 is 2.52 bits per heavy atom. The fraction of sp³-hybridized carbons (Fsp3) is 0.421. The summed E-state index contributed by atoms with van der Waals surface area (Å²) in [6.07, 6.45) is 3.26. The quantitative estimate of drug-likeness (QED) is 0.486. The number of unbranched alkanes of at least 4 members (excludes halogenated alkanes) is 3. The van der Waals surface area contributed by atoms with Crippen LogP contribution in [0.25, 0.3) is 22.6 Å². The molecule has 0 aromatic heterocycles. The van der Waals surface area contributed by atoms with E-state index in [0.29, 0.717) is 18.5 Å². The maximum absolute atomic E-state index is 12.2. The highest BCUT2D eigenvalue weighted by atomic mass is 16.4. The van der Waals surface area contributed by atoms with E-state index in [2.05, 4.69) is 15.0 Å². The number of carboxylic acids is 1. The molecule has 1 aromatic carbocycles. The molecule has 27 heavy (non-hydrogen) atoms. The number of aliphatic carboxylic acids is 1. The highest BCUT2D eigenvalue weighted by Gasteiger charge is 2.18.